The van der Waals surface area contributed by atoms with Crippen molar-refractivity contribution in [1.29, 1.82) is 0 Å². The topological polar surface area (TPSA) is 49.8 Å². The smallest absolute Gasteiger partial charge is 0.272 e. The summed E-state index contributed by atoms with van der Waals surface area (Å²) in [6.45, 7) is 6.17. The molecular weight excluding hydrogens is 202 g/mol. The van der Waals surface area contributed by atoms with Crippen molar-refractivity contribution in [2.24, 2.45) is 0 Å². The number of H-pyrrole nitrogens is 1. The van der Waals surface area contributed by atoms with Crippen LogP contribution in [0.1, 0.15) is 50.9 Å². The second kappa shape index (κ2) is 3.00. The molecule has 1 saturated heterocycles. The third kappa shape index (κ3) is 1.29. The number of nitrogens with one attached hydrogen (secondary N) is 2. The van der Waals surface area contributed by atoms with E-state index in [9.17, 15) is 4.79 Å². The molecule has 16 heavy (non-hydrogen) atoms. The highest BCUT2D eigenvalue weighted by Crippen LogP contribution is 2.33. The van der Waals surface area contributed by atoms with Crippen LogP contribution in [-0.2, 0) is 12.0 Å². The largest absolute Gasteiger partial charge is 0.307 e. The number of hydrogen-bond donors (Lipinski definition) is 2. The van der Waals surface area contributed by atoms with Crippen molar-refractivity contribution < 1.29 is 0 Å². The molecule has 0 amide bonds. The average molecular weight is 221 g/mol. The zero-order chi connectivity index (χ0) is 11.5. The van der Waals surface area contributed by atoms with Gasteiger partial charge in [-0.25, -0.2) is 4.68 Å². The SMILES string of the molecule is CC(C)(C)n1[nH]c2c(c1=O)C1CCC(C2)N1. The Balaban J connectivity index is 2.16. The molecule has 2 aliphatic rings. The van der Waals surface area contributed by atoms with Gasteiger partial charge in [-0.05, 0) is 33.6 Å². The van der Waals surface area contributed by atoms with Crippen molar-refractivity contribution in [1.82, 2.24) is 15.1 Å². The van der Waals surface area contributed by atoms with Gasteiger partial charge in [0.15, 0.2) is 0 Å². The van der Waals surface area contributed by atoms with E-state index in [-0.39, 0.29) is 11.1 Å². The third-order valence-electron chi connectivity index (χ3n) is 3.72. The Morgan fingerprint density at radius 3 is 2.75 bits per heavy atom. The summed E-state index contributed by atoms with van der Waals surface area (Å²) < 4.78 is 1.78. The maximum Gasteiger partial charge on any atom is 0.272 e. The van der Waals surface area contributed by atoms with Gasteiger partial charge in [0.2, 0.25) is 0 Å². The van der Waals surface area contributed by atoms with Crippen molar-refractivity contribution in [2.45, 2.75) is 57.7 Å². The molecule has 2 aliphatic heterocycles. The van der Waals surface area contributed by atoms with Gasteiger partial charge in [0, 0.05) is 24.2 Å². The molecule has 0 aromatic carbocycles. The fourth-order valence-corrected chi connectivity index (χ4v) is 2.94. The molecule has 3 heterocycles. The number of hydrogen-bond acceptors (Lipinski definition) is 2. The van der Waals surface area contributed by atoms with Gasteiger partial charge in [-0.3, -0.25) is 9.89 Å². The van der Waals surface area contributed by atoms with Gasteiger partial charge in [0.05, 0.1) is 11.1 Å². The van der Waals surface area contributed by atoms with Gasteiger partial charge in [-0.1, -0.05) is 0 Å². The first-order valence-corrected chi connectivity index (χ1v) is 6.07. The molecule has 0 saturated carbocycles. The highest BCUT2D eigenvalue weighted by Gasteiger charge is 2.37. The first-order valence-electron chi connectivity index (χ1n) is 6.07. The molecule has 4 nitrogen and oxygen atoms in total. The van der Waals surface area contributed by atoms with Crippen molar-refractivity contribution in [3.63, 3.8) is 0 Å². The average Bonchev–Trinajstić information content (AvgIpc) is 2.69. The number of rotatable bonds is 0. The highest BCUT2D eigenvalue weighted by molar-refractivity contribution is 5.28. The van der Waals surface area contributed by atoms with Crippen LogP contribution in [0.4, 0.5) is 0 Å². The van der Waals surface area contributed by atoms with Crippen LogP contribution in [0.25, 0.3) is 0 Å². The molecule has 1 aromatic heterocycles. The summed E-state index contributed by atoms with van der Waals surface area (Å²) in [4.78, 5) is 12.3. The third-order valence-corrected chi connectivity index (χ3v) is 3.72. The molecule has 1 aromatic rings. The molecule has 2 unspecified atom stereocenters. The first kappa shape index (κ1) is 10.1. The molecule has 4 heteroatoms. The monoisotopic (exact) mass is 221 g/mol. The van der Waals surface area contributed by atoms with Crippen molar-refractivity contribution in [3.05, 3.63) is 21.6 Å². The van der Waals surface area contributed by atoms with Crippen LogP contribution in [0, 0.1) is 0 Å². The lowest BCUT2D eigenvalue weighted by molar-refractivity contribution is 0.342. The molecule has 2 atom stereocenters. The van der Waals surface area contributed by atoms with Crippen LogP contribution in [-0.4, -0.2) is 15.8 Å². The standard InChI is InChI=1S/C12H19N3O/c1-12(2,3)15-11(16)10-8-5-4-7(13-8)6-9(10)14-15/h7-8,13-14H,4-6H2,1-3H3. The number of nitrogens with zero attached hydrogens (tertiary/aromatic N) is 1. The van der Waals surface area contributed by atoms with E-state index < -0.39 is 0 Å². The minimum absolute atomic E-state index is 0.159. The van der Waals surface area contributed by atoms with Gasteiger partial charge >= 0.3 is 0 Å². The second-order valence-electron chi connectivity index (χ2n) is 6.01. The van der Waals surface area contributed by atoms with Crippen LogP contribution in [0.3, 0.4) is 0 Å². The minimum Gasteiger partial charge on any atom is -0.307 e. The molecule has 0 radical (unpaired) electrons. The Bertz CT molecular complexity index is 477. The Morgan fingerprint density at radius 2 is 2.06 bits per heavy atom. The maximum absolute atomic E-state index is 12.3. The van der Waals surface area contributed by atoms with E-state index in [1.54, 1.807) is 4.68 Å². The van der Waals surface area contributed by atoms with Gasteiger partial charge in [0.1, 0.15) is 0 Å². The quantitative estimate of drug-likeness (QED) is 0.693. The molecule has 2 bridgehead atoms. The lowest BCUT2D eigenvalue weighted by Crippen LogP contribution is -2.36. The number of aromatic amines is 1. The summed E-state index contributed by atoms with van der Waals surface area (Å²) in [6, 6.07) is 0.866. The van der Waals surface area contributed by atoms with E-state index in [0.29, 0.717) is 12.1 Å². The zero-order valence-corrected chi connectivity index (χ0v) is 10.1. The normalized spacial score (nSPS) is 28.2. The Labute approximate surface area is 95.0 Å². The summed E-state index contributed by atoms with van der Waals surface area (Å²) in [5.74, 6) is 0. The van der Waals surface area contributed by atoms with Crippen LogP contribution in [0.15, 0.2) is 4.79 Å². The highest BCUT2D eigenvalue weighted by atomic mass is 16.1. The zero-order valence-electron chi connectivity index (χ0n) is 10.1. The van der Waals surface area contributed by atoms with E-state index >= 15 is 0 Å². The summed E-state index contributed by atoms with van der Waals surface area (Å²) in [5.41, 5.74) is 2.16. The molecule has 0 aliphatic carbocycles. The number of fused-ring (bicyclic) bond motifs is 4. The lowest BCUT2D eigenvalue weighted by Gasteiger charge is -2.19. The van der Waals surface area contributed by atoms with Gasteiger partial charge < -0.3 is 5.32 Å². The van der Waals surface area contributed by atoms with Crippen LogP contribution < -0.4 is 10.9 Å². The Kier molecular flexibility index (Phi) is 1.90. The van der Waals surface area contributed by atoms with Crippen LogP contribution in [0.5, 0.6) is 0 Å². The van der Waals surface area contributed by atoms with E-state index in [0.717, 1.165) is 24.1 Å². The van der Waals surface area contributed by atoms with E-state index in [4.69, 9.17) is 0 Å². The van der Waals surface area contributed by atoms with Crippen molar-refractivity contribution >= 4 is 0 Å². The van der Waals surface area contributed by atoms with E-state index in [1.165, 1.54) is 6.42 Å². The van der Waals surface area contributed by atoms with Crippen molar-refractivity contribution in [3.8, 4) is 0 Å². The fraction of sp³-hybridized carbons (Fsp3) is 0.750. The number of aromatic nitrogens is 2. The molecule has 88 valence electrons. The molecule has 0 spiro atoms. The Morgan fingerprint density at radius 1 is 1.31 bits per heavy atom. The lowest BCUT2D eigenvalue weighted by atomic mass is 10.0. The molecule has 3 rings (SSSR count). The van der Waals surface area contributed by atoms with Gasteiger partial charge in [-0.15, -0.1) is 0 Å². The molecule has 1 fully saturated rings. The second-order valence-corrected chi connectivity index (χ2v) is 6.01. The summed E-state index contributed by atoms with van der Waals surface area (Å²) >= 11 is 0. The van der Waals surface area contributed by atoms with Crippen LogP contribution in [0.2, 0.25) is 0 Å². The summed E-state index contributed by atoms with van der Waals surface area (Å²) in [7, 11) is 0. The Hall–Kier alpha value is -1.03. The first-order chi connectivity index (χ1) is 7.47. The van der Waals surface area contributed by atoms with Crippen molar-refractivity contribution in [2.75, 3.05) is 0 Å². The van der Waals surface area contributed by atoms with Gasteiger partial charge in [0.25, 0.3) is 5.56 Å². The predicted molar refractivity (Wildman–Crippen MR) is 62.7 cm³/mol. The maximum atomic E-state index is 12.3. The van der Waals surface area contributed by atoms with E-state index in [1.807, 2.05) is 0 Å². The van der Waals surface area contributed by atoms with Gasteiger partial charge in [-0.2, -0.15) is 0 Å². The molecule has 2 N–H and O–H groups in total. The van der Waals surface area contributed by atoms with Crippen LogP contribution >= 0.6 is 0 Å². The van der Waals surface area contributed by atoms with E-state index in [2.05, 4.69) is 31.2 Å². The summed E-state index contributed by atoms with van der Waals surface area (Å²) in [6.07, 6.45) is 3.28. The molecular formula is C12H19N3O. The summed E-state index contributed by atoms with van der Waals surface area (Å²) in [5, 5.41) is 6.83. The minimum atomic E-state index is -0.159. The fourth-order valence-electron chi connectivity index (χ4n) is 2.94. The predicted octanol–water partition coefficient (Wildman–Crippen LogP) is 1.28.